The Morgan fingerprint density at radius 3 is 2.00 bits per heavy atom. The maximum Gasteiger partial charge on any atom is 0.0608 e. The molecule has 3 nitrogen and oxygen atoms in total. The van der Waals surface area contributed by atoms with Crippen LogP contribution >= 0.6 is 12.4 Å². The fraction of sp³-hybridized carbons (Fsp3) is 1.00. The lowest BCUT2D eigenvalue weighted by atomic mass is 10.5. The Morgan fingerprint density at radius 1 is 1.25 bits per heavy atom. The topological polar surface area (TPSA) is 38.5 Å². The second-order valence-electron chi connectivity index (χ2n) is 1.65. The molecule has 0 atom stereocenters. The van der Waals surface area contributed by atoms with Gasteiger partial charge in [0.25, 0.3) is 0 Å². The van der Waals surface area contributed by atoms with Crippen molar-refractivity contribution in [2.24, 2.45) is 5.84 Å². The van der Waals surface area contributed by atoms with Crippen molar-refractivity contribution in [3.8, 4) is 0 Å². The summed E-state index contributed by atoms with van der Waals surface area (Å²) in [5.74, 6) is 5.39. The van der Waals surface area contributed by atoms with Crippen LogP contribution < -0.4 is 5.84 Å². The number of nitrogens with zero attached hydrogens (tertiary/aromatic N) is 1. The number of ether oxygens (including phenoxy) is 1. The Labute approximate surface area is 55.2 Å². The van der Waals surface area contributed by atoms with Gasteiger partial charge in [-0.1, -0.05) is 0 Å². The predicted molar refractivity (Wildman–Crippen MR) is 33.8 cm³/mol. The number of morpholine rings is 1. The summed E-state index contributed by atoms with van der Waals surface area (Å²) in [5, 5.41) is 1.77. The van der Waals surface area contributed by atoms with E-state index in [9.17, 15) is 0 Å². The Kier molecular flexibility index (Phi) is 4.18. The van der Waals surface area contributed by atoms with Crippen LogP contribution in [0.15, 0.2) is 0 Å². The molecule has 8 heavy (non-hydrogen) atoms. The van der Waals surface area contributed by atoms with Crippen molar-refractivity contribution in [2.45, 2.75) is 0 Å². The summed E-state index contributed by atoms with van der Waals surface area (Å²) in [7, 11) is 0. The summed E-state index contributed by atoms with van der Waals surface area (Å²) >= 11 is 0. The van der Waals surface area contributed by atoms with Gasteiger partial charge >= 0.3 is 0 Å². The van der Waals surface area contributed by atoms with E-state index in [4.69, 9.17) is 10.6 Å². The second-order valence-corrected chi connectivity index (χ2v) is 1.65. The number of hydrazine groups is 1. The maximum absolute atomic E-state index is 5.39. The molecule has 2 N–H and O–H groups in total. The average Bonchev–Trinajstić information content (AvgIpc) is 1.69. The molecule has 1 saturated heterocycles. The standard InChI is InChI=1S/C4H10N2O.ClH/c5-6-1-3-7-4-2-6;/h1-5H2;1H. The highest BCUT2D eigenvalue weighted by Crippen LogP contribution is 1.86. The molecule has 0 aromatic heterocycles. The predicted octanol–water partition coefficient (Wildman–Crippen LogP) is -0.386. The van der Waals surface area contributed by atoms with Crippen molar-refractivity contribution < 1.29 is 4.74 Å². The van der Waals surface area contributed by atoms with Gasteiger partial charge in [0.2, 0.25) is 0 Å². The van der Waals surface area contributed by atoms with Crippen LogP contribution in [0.5, 0.6) is 0 Å². The highest BCUT2D eigenvalue weighted by Gasteiger charge is 2.02. The third-order valence-electron chi connectivity index (χ3n) is 1.05. The van der Waals surface area contributed by atoms with Gasteiger partial charge in [-0.2, -0.15) is 0 Å². The van der Waals surface area contributed by atoms with Crippen LogP contribution in [0.25, 0.3) is 0 Å². The van der Waals surface area contributed by atoms with Crippen molar-refractivity contribution in [3.63, 3.8) is 0 Å². The molecule has 0 unspecified atom stereocenters. The maximum atomic E-state index is 5.39. The highest BCUT2D eigenvalue weighted by atomic mass is 35.5. The van der Waals surface area contributed by atoms with Crippen LogP contribution in [-0.4, -0.2) is 31.3 Å². The van der Waals surface area contributed by atoms with E-state index in [0.717, 1.165) is 26.3 Å². The molecular formula is C4H11ClN2O. The molecule has 4 heteroatoms. The molecule has 1 heterocycles. The molecule has 0 spiro atoms. The number of hydrogen-bond acceptors (Lipinski definition) is 3. The minimum atomic E-state index is 0. The van der Waals surface area contributed by atoms with Gasteiger partial charge < -0.3 is 4.74 Å². The van der Waals surface area contributed by atoms with E-state index in [1.54, 1.807) is 5.01 Å². The van der Waals surface area contributed by atoms with Gasteiger partial charge in [-0.3, -0.25) is 5.84 Å². The Bertz CT molecular complexity index is 56.0. The van der Waals surface area contributed by atoms with Crippen LogP contribution in [0, 0.1) is 0 Å². The fourth-order valence-corrected chi connectivity index (χ4v) is 0.577. The van der Waals surface area contributed by atoms with Gasteiger partial charge in [-0.05, 0) is 0 Å². The summed E-state index contributed by atoms with van der Waals surface area (Å²) in [5.41, 5.74) is 0. The minimum Gasteiger partial charge on any atom is -0.379 e. The molecule has 0 aromatic carbocycles. The van der Waals surface area contributed by atoms with Gasteiger partial charge in [0.1, 0.15) is 0 Å². The fourth-order valence-electron chi connectivity index (χ4n) is 0.577. The quantitative estimate of drug-likeness (QED) is 0.464. The van der Waals surface area contributed by atoms with E-state index in [1.807, 2.05) is 0 Å². The zero-order chi connectivity index (χ0) is 5.11. The summed E-state index contributed by atoms with van der Waals surface area (Å²) in [4.78, 5) is 0. The van der Waals surface area contributed by atoms with Crippen molar-refractivity contribution >= 4 is 12.4 Å². The van der Waals surface area contributed by atoms with Gasteiger partial charge in [0.05, 0.1) is 13.2 Å². The molecular weight excluding hydrogens is 128 g/mol. The summed E-state index contributed by atoms with van der Waals surface area (Å²) in [6.45, 7) is 3.33. The SMILES string of the molecule is Cl.NN1CCOCC1. The van der Waals surface area contributed by atoms with E-state index < -0.39 is 0 Å². The number of halogens is 1. The van der Waals surface area contributed by atoms with Crippen LogP contribution in [0.3, 0.4) is 0 Å². The summed E-state index contributed by atoms with van der Waals surface area (Å²) < 4.78 is 5.02. The van der Waals surface area contributed by atoms with Crippen molar-refractivity contribution in [3.05, 3.63) is 0 Å². The van der Waals surface area contributed by atoms with Crippen LogP contribution in [0.2, 0.25) is 0 Å². The largest absolute Gasteiger partial charge is 0.379 e. The van der Waals surface area contributed by atoms with E-state index in [-0.39, 0.29) is 12.4 Å². The molecule has 0 aromatic rings. The highest BCUT2D eigenvalue weighted by molar-refractivity contribution is 5.85. The number of hydrogen-bond donors (Lipinski definition) is 1. The Balaban J connectivity index is 0.000000490. The first-order chi connectivity index (χ1) is 3.39. The molecule has 1 aliphatic rings. The minimum absolute atomic E-state index is 0. The van der Waals surface area contributed by atoms with Gasteiger partial charge in [0, 0.05) is 13.1 Å². The molecule has 0 aliphatic carbocycles. The lowest BCUT2D eigenvalue weighted by Gasteiger charge is -2.20. The smallest absolute Gasteiger partial charge is 0.0608 e. The zero-order valence-electron chi connectivity index (χ0n) is 4.67. The van der Waals surface area contributed by atoms with E-state index >= 15 is 0 Å². The van der Waals surface area contributed by atoms with Crippen LogP contribution in [0.4, 0.5) is 0 Å². The van der Waals surface area contributed by atoms with E-state index in [2.05, 4.69) is 0 Å². The van der Waals surface area contributed by atoms with Crippen molar-refractivity contribution in [2.75, 3.05) is 26.3 Å². The Morgan fingerprint density at radius 2 is 1.75 bits per heavy atom. The van der Waals surface area contributed by atoms with Crippen LogP contribution in [-0.2, 0) is 4.74 Å². The normalized spacial score (nSPS) is 22.1. The van der Waals surface area contributed by atoms with E-state index in [0.29, 0.717) is 0 Å². The first-order valence-corrected chi connectivity index (χ1v) is 2.47. The molecule has 0 radical (unpaired) electrons. The first kappa shape index (κ1) is 8.17. The molecule has 0 bridgehead atoms. The van der Waals surface area contributed by atoms with Crippen LogP contribution in [0.1, 0.15) is 0 Å². The third-order valence-corrected chi connectivity index (χ3v) is 1.05. The number of rotatable bonds is 0. The molecule has 0 amide bonds. The van der Waals surface area contributed by atoms with Crippen molar-refractivity contribution in [1.82, 2.24) is 5.01 Å². The lowest BCUT2D eigenvalue weighted by molar-refractivity contribution is 0.0378. The number of nitrogens with two attached hydrogens (primary N) is 1. The zero-order valence-corrected chi connectivity index (χ0v) is 5.49. The van der Waals surface area contributed by atoms with Gasteiger partial charge in [-0.15, -0.1) is 12.4 Å². The summed E-state index contributed by atoms with van der Waals surface area (Å²) in [6, 6.07) is 0. The first-order valence-electron chi connectivity index (χ1n) is 2.47. The lowest BCUT2D eigenvalue weighted by Crippen LogP contribution is -2.41. The van der Waals surface area contributed by atoms with Crippen molar-refractivity contribution in [1.29, 1.82) is 0 Å². The summed E-state index contributed by atoms with van der Waals surface area (Å²) in [6.07, 6.45) is 0. The molecule has 1 fully saturated rings. The third kappa shape index (κ3) is 2.47. The molecule has 50 valence electrons. The Hall–Kier alpha value is 0.170. The second kappa shape index (κ2) is 4.09. The molecule has 0 saturated carbocycles. The van der Waals surface area contributed by atoms with Gasteiger partial charge in [-0.25, -0.2) is 5.01 Å². The monoisotopic (exact) mass is 138 g/mol. The van der Waals surface area contributed by atoms with Gasteiger partial charge in [0.15, 0.2) is 0 Å². The molecule has 1 rings (SSSR count). The van der Waals surface area contributed by atoms with E-state index in [1.165, 1.54) is 0 Å². The molecule has 1 aliphatic heterocycles. The average molecular weight is 139 g/mol.